The number of halogens is 1. The molecule has 0 radical (unpaired) electrons. The average molecular weight is 432 g/mol. The molecule has 4 N–H and O–H groups in total. The lowest BCUT2D eigenvalue weighted by Crippen LogP contribution is -2.31. The van der Waals surface area contributed by atoms with Gasteiger partial charge in [0.05, 0.1) is 23.6 Å². The molecule has 4 rings (SSSR count). The molecule has 1 aliphatic heterocycles. The number of carboxylic acids is 1. The summed E-state index contributed by atoms with van der Waals surface area (Å²) >= 11 is 0. The van der Waals surface area contributed by atoms with Crippen LogP contribution in [0.25, 0.3) is 11.0 Å². The second-order valence-electron chi connectivity index (χ2n) is 7.44. The van der Waals surface area contributed by atoms with Crippen LogP contribution in [0, 0.1) is 11.7 Å². The molecule has 11 nitrogen and oxygen atoms in total. The molecule has 1 saturated heterocycles. The van der Waals surface area contributed by atoms with Gasteiger partial charge in [0.1, 0.15) is 23.7 Å². The number of rotatable bonds is 6. The SMILES string of the molecule is CCO/N=C1\CN(c2nc3c(cc2F)c(=O)c(C(=O)O)cn3C2CC2)CC1/C(N)=N\O. The Kier molecular flexibility index (Phi) is 5.21. The van der Waals surface area contributed by atoms with Gasteiger partial charge in [-0.15, -0.1) is 0 Å². The Morgan fingerprint density at radius 3 is 2.81 bits per heavy atom. The fraction of sp³-hybridized carbons (Fsp3) is 0.421. The first-order chi connectivity index (χ1) is 14.8. The number of amidine groups is 1. The van der Waals surface area contributed by atoms with Crippen LogP contribution < -0.4 is 16.1 Å². The van der Waals surface area contributed by atoms with Crippen molar-refractivity contribution in [3.63, 3.8) is 0 Å². The Balaban J connectivity index is 1.83. The van der Waals surface area contributed by atoms with Crippen LogP contribution in [0.2, 0.25) is 0 Å². The largest absolute Gasteiger partial charge is 0.477 e. The third kappa shape index (κ3) is 3.64. The second-order valence-corrected chi connectivity index (χ2v) is 7.44. The van der Waals surface area contributed by atoms with Gasteiger partial charge in [0.25, 0.3) is 0 Å². The van der Waals surface area contributed by atoms with E-state index in [0.717, 1.165) is 18.9 Å². The molecule has 2 aromatic heterocycles. The molecule has 2 fully saturated rings. The van der Waals surface area contributed by atoms with Gasteiger partial charge in [-0.3, -0.25) is 4.79 Å². The number of nitrogens with zero attached hydrogens (tertiary/aromatic N) is 5. The lowest BCUT2D eigenvalue weighted by Gasteiger charge is -2.19. The Labute approximate surface area is 175 Å². The van der Waals surface area contributed by atoms with Gasteiger partial charge in [-0.05, 0) is 25.8 Å². The van der Waals surface area contributed by atoms with E-state index in [1.165, 1.54) is 6.20 Å². The van der Waals surface area contributed by atoms with Crippen molar-refractivity contribution in [3.8, 4) is 0 Å². The van der Waals surface area contributed by atoms with Gasteiger partial charge in [-0.25, -0.2) is 14.2 Å². The molecule has 3 heterocycles. The zero-order valence-electron chi connectivity index (χ0n) is 16.7. The number of oxime groups is 2. The molecule has 1 saturated carbocycles. The molecular weight excluding hydrogens is 411 g/mol. The van der Waals surface area contributed by atoms with E-state index in [0.29, 0.717) is 12.3 Å². The van der Waals surface area contributed by atoms with Crippen molar-refractivity contribution in [2.45, 2.75) is 25.8 Å². The minimum atomic E-state index is -1.37. The molecule has 31 heavy (non-hydrogen) atoms. The number of pyridine rings is 2. The van der Waals surface area contributed by atoms with Crippen molar-refractivity contribution < 1.29 is 24.3 Å². The first kappa shape index (κ1) is 20.6. The summed E-state index contributed by atoms with van der Waals surface area (Å²) in [5, 5.41) is 25.3. The molecule has 0 amide bonds. The minimum absolute atomic E-state index is 0.00517. The molecule has 2 aliphatic rings. The molecule has 0 bridgehead atoms. The fourth-order valence-electron chi connectivity index (χ4n) is 3.67. The summed E-state index contributed by atoms with van der Waals surface area (Å²) in [7, 11) is 0. The van der Waals surface area contributed by atoms with E-state index < -0.39 is 28.7 Å². The maximum absolute atomic E-state index is 15.0. The summed E-state index contributed by atoms with van der Waals surface area (Å²) in [6, 6.07) is 1.02. The number of anilines is 1. The monoisotopic (exact) mass is 432 g/mol. The predicted molar refractivity (Wildman–Crippen MR) is 109 cm³/mol. The smallest absolute Gasteiger partial charge is 0.341 e. The molecular formula is C19H21FN6O5. The van der Waals surface area contributed by atoms with E-state index in [4.69, 9.17) is 15.8 Å². The maximum Gasteiger partial charge on any atom is 0.341 e. The third-order valence-electron chi connectivity index (χ3n) is 5.35. The standard InChI is InChI=1S/C19H21FN6O5/c1-2-31-24-14-8-25(6-11(14)16(21)23-30)18-13(20)5-10-15(27)12(19(28)29)7-26(9-3-4-9)17(10)22-18/h5,7,9,11,30H,2-4,6,8H2,1H3,(H2,21,23)(H,28,29)/b24-14+. The number of carboxylic acid groups (broad SMARTS) is 1. The number of fused-ring (bicyclic) bond motifs is 1. The highest BCUT2D eigenvalue weighted by Gasteiger charge is 2.36. The van der Waals surface area contributed by atoms with Crippen LogP contribution in [0.15, 0.2) is 27.4 Å². The topological polar surface area (TPSA) is 156 Å². The summed E-state index contributed by atoms with van der Waals surface area (Å²) in [5.74, 6) is -2.90. The lowest BCUT2D eigenvalue weighted by molar-refractivity contribution is 0.0695. The normalized spacial score (nSPS) is 20.6. The summed E-state index contributed by atoms with van der Waals surface area (Å²) in [6.07, 6.45) is 2.89. The van der Waals surface area contributed by atoms with Gasteiger partial charge in [0.2, 0.25) is 5.43 Å². The summed E-state index contributed by atoms with van der Waals surface area (Å²) in [4.78, 5) is 35.1. The molecule has 1 atom stereocenters. The van der Waals surface area contributed by atoms with E-state index >= 15 is 4.39 Å². The van der Waals surface area contributed by atoms with Crippen molar-refractivity contribution in [1.82, 2.24) is 9.55 Å². The Morgan fingerprint density at radius 2 is 2.19 bits per heavy atom. The van der Waals surface area contributed by atoms with Crippen LogP contribution in [0.4, 0.5) is 10.2 Å². The summed E-state index contributed by atoms with van der Waals surface area (Å²) < 4.78 is 16.7. The van der Waals surface area contributed by atoms with Gasteiger partial charge >= 0.3 is 5.97 Å². The molecule has 2 aromatic rings. The molecule has 0 spiro atoms. The number of hydrogen-bond donors (Lipinski definition) is 3. The second kappa shape index (κ2) is 7.85. The van der Waals surface area contributed by atoms with E-state index in [1.807, 2.05) is 0 Å². The van der Waals surface area contributed by atoms with Gasteiger partial charge < -0.3 is 30.4 Å². The number of carbonyl (C=O) groups is 1. The molecule has 1 aliphatic carbocycles. The molecule has 0 aromatic carbocycles. The highest BCUT2D eigenvalue weighted by molar-refractivity contribution is 6.10. The van der Waals surface area contributed by atoms with E-state index in [1.54, 1.807) is 16.4 Å². The van der Waals surface area contributed by atoms with Crippen LogP contribution in [0.5, 0.6) is 0 Å². The highest BCUT2D eigenvalue weighted by atomic mass is 19.1. The fourth-order valence-corrected chi connectivity index (χ4v) is 3.67. The Hall–Kier alpha value is -3.70. The zero-order valence-corrected chi connectivity index (χ0v) is 16.7. The van der Waals surface area contributed by atoms with Crippen LogP contribution in [-0.2, 0) is 4.84 Å². The van der Waals surface area contributed by atoms with Crippen molar-refractivity contribution in [2.24, 2.45) is 22.0 Å². The summed E-state index contributed by atoms with van der Waals surface area (Å²) in [6.45, 7) is 2.33. The number of aromatic carboxylic acids is 1. The van der Waals surface area contributed by atoms with Crippen molar-refractivity contribution in [3.05, 3.63) is 33.9 Å². The van der Waals surface area contributed by atoms with Crippen LogP contribution >= 0.6 is 0 Å². The average Bonchev–Trinajstić information content (AvgIpc) is 3.50. The van der Waals surface area contributed by atoms with Crippen LogP contribution in [0.3, 0.4) is 0 Å². The third-order valence-corrected chi connectivity index (χ3v) is 5.35. The predicted octanol–water partition coefficient (Wildman–Crippen LogP) is 1.14. The first-order valence-electron chi connectivity index (χ1n) is 9.75. The molecule has 12 heteroatoms. The molecule has 1 unspecified atom stereocenters. The zero-order chi connectivity index (χ0) is 22.3. The first-order valence-corrected chi connectivity index (χ1v) is 9.75. The van der Waals surface area contributed by atoms with Crippen LogP contribution in [-0.4, -0.2) is 57.1 Å². The van der Waals surface area contributed by atoms with Gasteiger partial charge in [-0.2, -0.15) is 0 Å². The highest BCUT2D eigenvalue weighted by Crippen LogP contribution is 2.37. The Morgan fingerprint density at radius 1 is 1.45 bits per heavy atom. The van der Waals surface area contributed by atoms with Gasteiger partial charge in [-0.1, -0.05) is 10.3 Å². The van der Waals surface area contributed by atoms with Crippen LogP contribution in [0.1, 0.15) is 36.2 Å². The number of hydrogen-bond acceptors (Lipinski definition) is 8. The van der Waals surface area contributed by atoms with E-state index in [9.17, 15) is 14.7 Å². The minimum Gasteiger partial charge on any atom is -0.477 e. The Bertz CT molecular complexity index is 1170. The van der Waals surface area contributed by atoms with E-state index in [-0.39, 0.29) is 41.8 Å². The molecule has 164 valence electrons. The van der Waals surface area contributed by atoms with Crippen molar-refractivity contribution >= 4 is 34.4 Å². The van der Waals surface area contributed by atoms with Gasteiger partial charge in [0.15, 0.2) is 11.6 Å². The lowest BCUT2D eigenvalue weighted by atomic mass is 10.1. The number of aromatic nitrogens is 2. The quantitative estimate of drug-likeness (QED) is 0.266. The van der Waals surface area contributed by atoms with E-state index in [2.05, 4.69) is 15.3 Å². The maximum atomic E-state index is 15.0. The number of nitrogens with two attached hydrogens (primary N) is 1. The van der Waals surface area contributed by atoms with Crippen molar-refractivity contribution in [2.75, 3.05) is 24.6 Å². The van der Waals surface area contributed by atoms with Gasteiger partial charge in [0, 0.05) is 18.8 Å². The van der Waals surface area contributed by atoms with Crippen molar-refractivity contribution in [1.29, 1.82) is 0 Å². The summed E-state index contributed by atoms with van der Waals surface area (Å²) in [5.41, 5.74) is 5.22.